The average Bonchev–Trinajstić information content (AvgIpc) is 2.16. The highest BCUT2D eigenvalue weighted by atomic mass is 79.9. The van der Waals surface area contributed by atoms with Crippen LogP contribution in [-0.4, -0.2) is 17.0 Å². The highest BCUT2D eigenvalue weighted by molar-refractivity contribution is 9.10. The van der Waals surface area contributed by atoms with Gasteiger partial charge in [-0.05, 0) is 36.1 Å². The molecule has 1 aromatic rings. The fraction of sp³-hybridized carbons (Fsp3) is 0.364. The summed E-state index contributed by atoms with van der Waals surface area (Å²) in [5.74, 6) is -0.206. The molecule has 82 valence electrons. The quantitative estimate of drug-likeness (QED) is 0.846. The van der Waals surface area contributed by atoms with E-state index >= 15 is 0 Å². The minimum Gasteiger partial charge on any atom is -0.481 e. The molecule has 1 rings (SSSR count). The van der Waals surface area contributed by atoms with Crippen molar-refractivity contribution in [3.63, 3.8) is 0 Å². The van der Waals surface area contributed by atoms with E-state index in [1.165, 1.54) is 0 Å². The molecule has 0 amide bonds. The van der Waals surface area contributed by atoms with Crippen LogP contribution in [0.1, 0.15) is 17.5 Å². The Morgan fingerprint density at radius 1 is 1.40 bits per heavy atom. The van der Waals surface area contributed by atoms with Crippen LogP contribution in [0.15, 0.2) is 22.7 Å². The molecule has 2 nitrogen and oxygen atoms in total. The summed E-state index contributed by atoms with van der Waals surface area (Å²) < 4.78 is 0.911. The van der Waals surface area contributed by atoms with Crippen LogP contribution in [0.3, 0.4) is 0 Å². The van der Waals surface area contributed by atoms with Crippen molar-refractivity contribution in [3.8, 4) is 0 Å². The number of aliphatic carboxylic acids is 1. The largest absolute Gasteiger partial charge is 0.481 e. The van der Waals surface area contributed by atoms with E-state index in [-0.39, 0.29) is 6.42 Å². The van der Waals surface area contributed by atoms with E-state index in [0.29, 0.717) is 5.88 Å². The number of rotatable bonds is 5. The van der Waals surface area contributed by atoms with E-state index in [0.717, 1.165) is 28.4 Å². The molecule has 0 unspecified atom stereocenters. The van der Waals surface area contributed by atoms with Crippen LogP contribution in [-0.2, 0) is 17.6 Å². The summed E-state index contributed by atoms with van der Waals surface area (Å²) >= 11 is 8.95. The van der Waals surface area contributed by atoms with Crippen molar-refractivity contribution in [3.05, 3.63) is 33.8 Å². The normalized spacial score (nSPS) is 10.3. The first-order valence-corrected chi connectivity index (χ1v) is 6.01. The lowest BCUT2D eigenvalue weighted by molar-refractivity contribution is -0.136. The van der Waals surface area contributed by atoms with Gasteiger partial charge in [-0.15, -0.1) is 11.6 Å². The molecule has 0 aliphatic carbocycles. The molecular weight excluding hydrogens is 279 g/mol. The summed E-state index contributed by atoms with van der Waals surface area (Å²) in [6, 6.07) is 5.74. The molecule has 1 N–H and O–H groups in total. The molecular formula is C11H12BrClO2. The summed E-state index contributed by atoms with van der Waals surface area (Å²) in [6.07, 6.45) is 1.77. The van der Waals surface area contributed by atoms with Crippen molar-refractivity contribution in [2.45, 2.75) is 19.3 Å². The first-order valence-electron chi connectivity index (χ1n) is 4.68. The van der Waals surface area contributed by atoms with E-state index in [1.807, 2.05) is 18.2 Å². The molecule has 0 atom stereocenters. The number of benzene rings is 1. The number of halogens is 2. The fourth-order valence-corrected chi connectivity index (χ4v) is 1.97. The second-order valence-electron chi connectivity index (χ2n) is 3.28. The first-order chi connectivity index (χ1) is 7.13. The predicted molar refractivity (Wildman–Crippen MR) is 64.5 cm³/mol. The molecule has 0 aliphatic heterocycles. The van der Waals surface area contributed by atoms with E-state index < -0.39 is 5.97 Å². The standard InChI is InChI=1S/C11H12BrClO2/c12-10-4-3-8(2-1-5-13)9(6-10)7-11(14)15/h3-4,6H,1-2,5,7H2,(H,14,15). The lowest BCUT2D eigenvalue weighted by Gasteiger charge is -2.07. The van der Waals surface area contributed by atoms with E-state index in [1.54, 1.807) is 0 Å². The van der Waals surface area contributed by atoms with Gasteiger partial charge in [-0.25, -0.2) is 0 Å². The monoisotopic (exact) mass is 290 g/mol. The molecule has 0 aliphatic rings. The van der Waals surface area contributed by atoms with Crippen molar-refractivity contribution in [1.29, 1.82) is 0 Å². The van der Waals surface area contributed by atoms with Gasteiger partial charge in [-0.2, -0.15) is 0 Å². The number of carboxylic acid groups (broad SMARTS) is 1. The molecule has 0 aromatic heterocycles. The third-order valence-corrected chi connectivity index (χ3v) is 2.85. The zero-order valence-corrected chi connectivity index (χ0v) is 10.5. The maximum Gasteiger partial charge on any atom is 0.307 e. The van der Waals surface area contributed by atoms with E-state index in [9.17, 15) is 4.79 Å². The van der Waals surface area contributed by atoms with Gasteiger partial charge in [0, 0.05) is 10.4 Å². The maximum absolute atomic E-state index is 10.7. The smallest absolute Gasteiger partial charge is 0.307 e. The molecule has 4 heteroatoms. The second-order valence-corrected chi connectivity index (χ2v) is 4.57. The Balaban J connectivity index is 2.87. The minimum atomic E-state index is -0.805. The lowest BCUT2D eigenvalue weighted by Crippen LogP contribution is -2.04. The third-order valence-electron chi connectivity index (χ3n) is 2.09. The molecule has 0 radical (unpaired) electrons. The first kappa shape index (κ1) is 12.5. The van der Waals surface area contributed by atoms with Gasteiger partial charge in [0.05, 0.1) is 6.42 Å². The van der Waals surface area contributed by atoms with Crippen LogP contribution in [0.2, 0.25) is 0 Å². The van der Waals surface area contributed by atoms with Gasteiger partial charge in [0.25, 0.3) is 0 Å². The third kappa shape index (κ3) is 4.22. The maximum atomic E-state index is 10.7. The van der Waals surface area contributed by atoms with Crippen molar-refractivity contribution in [2.75, 3.05) is 5.88 Å². The van der Waals surface area contributed by atoms with Gasteiger partial charge in [-0.3, -0.25) is 4.79 Å². The number of aryl methyl sites for hydroxylation is 1. The van der Waals surface area contributed by atoms with Gasteiger partial charge < -0.3 is 5.11 Å². The Labute approximate surface area is 102 Å². The fourth-order valence-electron chi connectivity index (χ4n) is 1.42. The topological polar surface area (TPSA) is 37.3 Å². The van der Waals surface area contributed by atoms with Gasteiger partial charge in [-0.1, -0.05) is 22.0 Å². The Kier molecular flexibility index (Phi) is 5.12. The number of hydrogen-bond donors (Lipinski definition) is 1. The van der Waals surface area contributed by atoms with E-state index in [4.69, 9.17) is 16.7 Å². The van der Waals surface area contributed by atoms with Crippen molar-refractivity contribution in [2.24, 2.45) is 0 Å². The van der Waals surface area contributed by atoms with Gasteiger partial charge in [0.15, 0.2) is 0 Å². The Bertz CT molecular complexity index is 352. The molecule has 0 heterocycles. The second kappa shape index (κ2) is 6.13. The van der Waals surface area contributed by atoms with Gasteiger partial charge >= 0.3 is 5.97 Å². The van der Waals surface area contributed by atoms with Crippen molar-refractivity contribution in [1.82, 2.24) is 0 Å². The van der Waals surface area contributed by atoms with Gasteiger partial charge in [0.1, 0.15) is 0 Å². The van der Waals surface area contributed by atoms with Crippen LogP contribution < -0.4 is 0 Å². The summed E-state index contributed by atoms with van der Waals surface area (Å²) in [4.78, 5) is 10.7. The zero-order chi connectivity index (χ0) is 11.3. The lowest BCUT2D eigenvalue weighted by atomic mass is 10.0. The number of hydrogen-bond acceptors (Lipinski definition) is 1. The Morgan fingerprint density at radius 3 is 2.73 bits per heavy atom. The van der Waals surface area contributed by atoms with Crippen LogP contribution in [0, 0.1) is 0 Å². The highest BCUT2D eigenvalue weighted by Gasteiger charge is 2.07. The number of alkyl halides is 1. The molecule has 0 fully saturated rings. The zero-order valence-electron chi connectivity index (χ0n) is 8.17. The SMILES string of the molecule is O=C(O)Cc1cc(Br)ccc1CCCCl. The predicted octanol–water partition coefficient (Wildman–Crippen LogP) is 3.25. The van der Waals surface area contributed by atoms with Crippen LogP contribution in [0.5, 0.6) is 0 Å². The molecule has 15 heavy (non-hydrogen) atoms. The molecule has 0 spiro atoms. The Morgan fingerprint density at radius 2 is 2.13 bits per heavy atom. The Hall–Kier alpha value is -0.540. The summed E-state index contributed by atoms with van der Waals surface area (Å²) in [6.45, 7) is 0. The molecule has 1 aromatic carbocycles. The molecule has 0 saturated carbocycles. The van der Waals surface area contributed by atoms with Crippen molar-refractivity contribution >= 4 is 33.5 Å². The van der Waals surface area contributed by atoms with Crippen LogP contribution >= 0.6 is 27.5 Å². The number of carbonyl (C=O) groups is 1. The van der Waals surface area contributed by atoms with Gasteiger partial charge in [0.2, 0.25) is 0 Å². The summed E-state index contributed by atoms with van der Waals surface area (Å²) in [7, 11) is 0. The van der Waals surface area contributed by atoms with Crippen LogP contribution in [0.25, 0.3) is 0 Å². The van der Waals surface area contributed by atoms with Crippen molar-refractivity contribution < 1.29 is 9.90 Å². The average molecular weight is 292 g/mol. The minimum absolute atomic E-state index is 0.0665. The van der Waals surface area contributed by atoms with E-state index in [2.05, 4.69) is 15.9 Å². The van der Waals surface area contributed by atoms with Crippen LogP contribution in [0.4, 0.5) is 0 Å². The molecule has 0 saturated heterocycles. The summed E-state index contributed by atoms with van der Waals surface area (Å²) in [5.41, 5.74) is 1.93. The summed E-state index contributed by atoms with van der Waals surface area (Å²) in [5, 5.41) is 8.77. The highest BCUT2D eigenvalue weighted by Crippen LogP contribution is 2.19. The molecule has 0 bridgehead atoms. The number of carboxylic acids is 1.